The highest BCUT2D eigenvalue weighted by atomic mass is 32.2. The second-order valence-electron chi connectivity index (χ2n) is 6.18. The molecule has 0 fully saturated rings. The van der Waals surface area contributed by atoms with Crippen LogP contribution < -0.4 is 4.72 Å². The van der Waals surface area contributed by atoms with Crippen LogP contribution in [0, 0.1) is 16.7 Å². The molecule has 0 bridgehead atoms. The largest absolute Gasteiger partial charge is 0.309 e. The molecule has 0 radical (unpaired) electrons. The van der Waals surface area contributed by atoms with Gasteiger partial charge in [0.1, 0.15) is 6.17 Å². The first-order chi connectivity index (χ1) is 9.29. The molecule has 0 aromatic rings. The normalized spacial score (nSPS) is 16.1. The van der Waals surface area contributed by atoms with E-state index in [-0.39, 0.29) is 11.6 Å². The third-order valence-corrected chi connectivity index (χ3v) is 4.69. The van der Waals surface area contributed by atoms with Gasteiger partial charge in [-0.1, -0.05) is 59.4 Å². The topological polar surface area (TPSA) is 48.2 Å². The maximum absolute atomic E-state index is 8.43. The third-order valence-electron chi connectivity index (χ3n) is 4.18. The second-order valence-corrected chi connectivity index (χ2v) is 6.82. The molecular weight excluding hydrogens is 266 g/mol. The number of hydrogen-bond acceptors (Lipinski definition) is 4. The lowest BCUT2D eigenvalue weighted by atomic mass is 9.72. The van der Waals surface area contributed by atoms with E-state index in [1.165, 1.54) is 12.8 Å². The molecule has 3 nitrogen and oxygen atoms in total. The summed E-state index contributed by atoms with van der Waals surface area (Å²) < 4.78 is 3.28. The van der Waals surface area contributed by atoms with Crippen molar-refractivity contribution < 1.29 is 0 Å². The first kappa shape index (κ1) is 19.7. The van der Waals surface area contributed by atoms with Crippen LogP contribution in [0.2, 0.25) is 0 Å². The van der Waals surface area contributed by atoms with Crippen LogP contribution in [0.15, 0.2) is 4.99 Å². The molecule has 0 heterocycles. The summed E-state index contributed by atoms with van der Waals surface area (Å²) in [7, 11) is 0. The molecule has 0 aliphatic heterocycles. The van der Waals surface area contributed by atoms with Crippen molar-refractivity contribution in [1.82, 2.24) is 4.72 Å². The van der Waals surface area contributed by atoms with Gasteiger partial charge in [-0.25, -0.2) is 4.72 Å². The molecule has 2 N–H and O–H groups in total. The molecule has 2 atom stereocenters. The highest BCUT2D eigenvalue weighted by Gasteiger charge is 2.30. The minimum atomic E-state index is -0.0402. The average Bonchev–Trinajstić information content (AvgIpc) is 2.38. The summed E-state index contributed by atoms with van der Waals surface area (Å²) in [5, 5.41) is 8.43. The fraction of sp³-hybridized carbons (Fsp3) is 0.875. The smallest absolute Gasteiger partial charge is 0.108 e. The van der Waals surface area contributed by atoms with Crippen molar-refractivity contribution in [3.8, 4) is 0 Å². The number of nitrogens with one attached hydrogen (secondary N) is 2. The predicted octanol–water partition coefficient (Wildman–Crippen LogP) is 4.92. The molecule has 0 saturated heterocycles. The van der Waals surface area contributed by atoms with Gasteiger partial charge in [0.25, 0.3) is 0 Å². The van der Waals surface area contributed by atoms with Gasteiger partial charge in [-0.3, -0.25) is 4.99 Å². The Bertz CT molecular complexity index is 324. The van der Waals surface area contributed by atoms with Gasteiger partial charge in [-0.2, -0.15) is 0 Å². The lowest BCUT2D eigenvalue weighted by molar-refractivity contribution is 0.310. The van der Waals surface area contributed by atoms with Gasteiger partial charge < -0.3 is 5.41 Å². The van der Waals surface area contributed by atoms with E-state index in [1.54, 1.807) is 11.9 Å². The Morgan fingerprint density at radius 3 is 2.40 bits per heavy atom. The van der Waals surface area contributed by atoms with E-state index >= 15 is 0 Å². The van der Waals surface area contributed by atoms with E-state index in [9.17, 15) is 0 Å². The molecule has 0 aliphatic carbocycles. The average molecular weight is 300 g/mol. The fourth-order valence-electron chi connectivity index (χ4n) is 2.22. The summed E-state index contributed by atoms with van der Waals surface area (Å²) in [6.07, 6.45) is 6.20. The molecular formula is C16H33N3S. The van der Waals surface area contributed by atoms with E-state index in [1.807, 2.05) is 13.2 Å². The third kappa shape index (κ3) is 6.40. The van der Waals surface area contributed by atoms with Crippen LogP contribution >= 0.6 is 11.9 Å². The van der Waals surface area contributed by atoms with Crippen molar-refractivity contribution in [3.05, 3.63) is 0 Å². The van der Waals surface area contributed by atoms with Crippen molar-refractivity contribution in [1.29, 1.82) is 5.41 Å². The van der Waals surface area contributed by atoms with E-state index in [2.05, 4.69) is 44.3 Å². The molecule has 0 aromatic heterocycles. The first-order valence-electron chi connectivity index (χ1n) is 7.69. The summed E-state index contributed by atoms with van der Waals surface area (Å²) in [6, 6.07) is 0. The highest BCUT2D eigenvalue weighted by molar-refractivity contribution is 7.96. The highest BCUT2D eigenvalue weighted by Crippen LogP contribution is 2.32. The van der Waals surface area contributed by atoms with Crippen molar-refractivity contribution in [2.75, 3.05) is 6.26 Å². The van der Waals surface area contributed by atoms with Crippen molar-refractivity contribution in [2.45, 2.75) is 73.4 Å². The number of nitrogens with zero attached hydrogens (tertiary/aromatic N) is 1. The minimum Gasteiger partial charge on any atom is -0.309 e. The number of hydrogen-bond donors (Lipinski definition) is 2. The van der Waals surface area contributed by atoms with E-state index in [0.29, 0.717) is 12.3 Å². The van der Waals surface area contributed by atoms with Crippen LogP contribution in [0.5, 0.6) is 0 Å². The Kier molecular flexibility index (Phi) is 9.39. The lowest BCUT2D eigenvalue weighted by Gasteiger charge is -2.32. The Hall–Kier alpha value is -0.350. The standard InChI is InChI=1S/C16H33N3S/c1-8-10-12(3)16(5,6)14(17)11-13(4)18-15(9-2)19-20-7/h12,15,17,19H,8-11H2,1-7H3. The van der Waals surface area contributed by atoms with Crippen LogP contribution in [-0.2, 0) is 0 Å². The molecule has 20 heavy (non-hydrogen) atoms. The molecule has 0 aromatic carbocycles. The maximum Gasteiger partial charge on any atom is 0.108 e. The molecule has 0 spiro atoms. The summed E-state index contributed by atoms with van der Waals surface area (Å²) in [4.78, 5) is 4.69. The van der Waals surface area contributed by atoms with Crippen molar-refractivity contribution in [3.63, 3.8) is 0 Å². The summed E-state index contributed by atoms with van der Waals surface area (Å²) in [5.74, 6) is 0.541. The van der Waals surface area contributed by atoms with Gasteiger partial charge in [0, 0.05) is 23.3 Å². The zero-order valence-electron chi connectivity index (χ0n) is 14.3. The van der Waals surface area contributed by atoms with E-state index in [0.717, 1.165) is 17.8 Å². The van der Waals surface area contributed by atoms with E-state index < -0.39 is 0 Å². The fourth-order valence-corrected chi connectivity index (χ4v) is 2.72. The van der Waals surface area contributed by atoms with Gasteiger partial charge >= 0.3 is 0 Å². The Balaban J connectivity index is 4.68. The molecule has 0 amide bonds. The molecule has 2 unspecified atom stereocenters. The van der Waals surface area contributed by atoms with Gasteiger partial charge in [0.15, 0.2) is 0 Å². The van der Waals surface area contributed by atoms with Crippen molar-refractivity contribution in [2.24, 2.45) is 16.3 Å². The Morgan fingerprint density at radius 2 is 1.95 bits per heavy atom. The summed E-state index contributed by atoms with van der Waals surface area (Å²) in [6.45, 7) is 13.0. The SMILES string of the molecule is CCCC(C)C(C)(C)C(=N)CC(C)=NC(CC)NSC. The zero-order chi connectivity index (χ0) is 15.8. The molecule has 0 saturated carbocycles. The number of rotatable bonds is 10. The van der Waals surface area contributed by atoms with Crippen molar-refractivity contribution >= 4 is 23.4 Å². The molecule has 0 aliphatic rings. The minimum absolute atomic E-state index is 0.0402. The predicted molar refractivity (Wildman–Crippen MR) is 94.0 cm³/mol. The second kappa shape index (κ2) is 9.56. The summed E-state index contributed by atoms with van der Waals surface area (Å²) in [5.41, 5.74) is 1.82. The van der Waals surface area contributed by atoms with Crippen LogP contribution in [0.3, 0.4) is 0 Å². The van der Waals surface area contributed by atoms with Crippen LogP contribution in [-0.4, -0.2) is 23.8 Å². The lowest BCUT2D eigenvalue weighted by Crippen LogP contribution is -2.32. The Labute approximate surface area is 130 Å². The van der Waals surface area contributed by atoms with Crippen LogP contribution in [0.1, 0.15) is 67.2 Å². The van der Waals surface area contributed by atoms with Gasteiger partial charge in [0.2, 0.25) is 0 Å². The quantitative estimate of drug-likeness (QED) is 0.444. The number of aliphatic imine (C=N–C) groups is 1. The molecule has 0 rings (SSSR count). The van der Waals surface area contributed by atoms with Crippen LogP contribution in [0.4, 0.5) is 0 Å². The Morgan fingerprint density at radius 1 is 1.35 bits per heavy atom. The van der Waals surface area contributed by atoms with E-state index in [4.69, 9.17) is 5.41 Å². The van der Waals surface area contributed by atoms with Gasteiger partial charge in [-0.15, -0.1) is 0 Å². The summed E-state index contributed by atoms with van der Waals surface area (Å²) >= 11 is 1.60. The molecule has 118 valence electrons. The monoisotopic (exact) mass is 299 g/mol. The first-order valence-corrected chi connectivity index (χ1v) is 8.91. The van der Waals surface area contributed by atoms with Gasteiger partial charge in [0.05, 0.1) is 0 Å². The maximum atomic E-state index is 8.43. The zero-order valence-corrected chi connectivity index (χ0v) is 15.2. The van der Waals surface area contributed by atoms with Gasteiger partial charge in [-0.05, 0) is 25.5 Å². The molecule has 4 heteroatoms. The van der Waals surface area contributed by atoms with Crippen LogP contribution in [0.25, 0.3) is 0 Å².